The lowest BCUT2D eigenvalue weighted by Gasteiger charge is -2.19. The molecule has 80 valence electrons. The van der Waals surface area contributed by atoms with Gasteiger partial charge >= 0.3 is 0 Å². The van der Waals surface area contributed by atoms with Crippen LogP contribution in [-0.4, -0.2) is 15.2 Å². The summed E-state index contributed by atoms with van der Waals surface area (Å²) in [6.45, 7) is 10.2. The molecule has 0 aromatic carbocycles. The van der Waals surface area contributed by atoms with Crippen molar-refractivity contribution in [2.45, 2.75) is 46.3 Å². The van der Waals surface area contributed by atoms with E-state index in [2.05, 4.69) is 13.8 Å². The Hall–Kier alpha value is -0.0500. The molecule has 0 fully saturated rings. The Kier molecular flexibility index (Phi) is 4.97. The molecule has 0 heterocycles. The Morgan fingerprint density at radius 1 is 1.15 bits per heavy atom. The fraction of sp³-hybridized carbons (Fsp3) is 1.00. The molecule has 3 heteroatoms. The van der Waals surface area contributed by atoms with Crippen molar-refractivity contribution in [2.24, 2.45) is 11.8 Å². The van der Waals surface area contributed by atoms with Crippen LogP contribution >= 0.6 is 0 Å². The van der Waals surface area contributed by atoms with Gasteiger partial charge in [0.25, 0.3) is 0 Å². The molecule has 0 amide bonds. The zero-order valence-electron chi connectivity index (χ0n) is 9.46. The Morgan fingerprint density at radius 2 is 1.62 bits per heavy atom. The molecule has 0 aliphatic heterocycles. The van der Waals surface area contributed by atoms with E-state index in [4.69, 9.17) is 4.78 Å². The normalized spacial score (nSPS) is 19.0. The minimum atomic E-state index is -2.35. The monoisotopic (exact) mass is 205 g/mol. The number of hydrogen-bond donors (Lipinski definition) is 1. The highest BCUT2D eigenvalue weighted by Gasteiger charge is 2.19. The molecule has 1 N–H and O–H groups in total. The minimum absolute atomic E-state index is 0.0197. The quantitative estimate of drug-likeness (QED) is 0.736. The van der Waals surface area contributed by atoms with Crippen LogP contribution in [0.3, 0.4) is 0 Å². The van der Waals surface area contributed by atoms with Gasteiger partial charge in [-0.1, -0.05) is 27.7 Å². The number of rotatable bonds is 5. The van der Waals surface area contributed by atoms with Crippen molar-refractivity contribution in [1.82, 2.24) is 0 Å². The summed E-state index contributed by atoms with van der Waals surface area (Å²) in [5.41, 5.74) is 0. The van der Waals surface area contributed by atoms with E-state index in [1.54, 1.807) is 0 Å². The Labute approximate surface area is 83.1 Å². The molecule has 13 heavy (non-hydrogen) atoms. The molecule has 2 unspecified atom stereocenters. The van der Waals surface area contributed by atoms with Gasteiger partial charge in [-0.2, -0.15) is 0 Å². The van der Waals surface area contributed by atoms with Crippen LogP contribution in [0.5, 0.6) is 0 Å². The molecule has 0 saturated heterocycles. The predicted molar refractivity (Wildman–Crippen MR) is 59.5 cm³/mol. The third-order valence-electron chi connectivity index (χ3n) is 2.54. The highest BCUT2D eigenvalue weighted by Crippen LogP contribution is 2.15. The van der Waals surface area contributed by atoms with Crippen LogP contribution in [0.25, 0.3) is 0 Å². The van der Waals surface area contributed by atoms with Crippen LogP contribution in [0.2, 0.25) is 0 Å². The summed E-state index contributed by atoms with van der Waals surface area (Å²) in [7, 11) is -2.35. The molecule has 0 aromatic heterocycles. The van der Waals surface area contributed by atoms with E-state index in [9.17, 15) is 4.21 Å². The van der Waals surface area contributed by atoms with E-state index < -0.39 is 9.73 Å². The molecule has 0 aromatic rings. The molecule has 0 radical (unpaired) electrons. The third kappa shape index (κ3) is 4.65. The van der Waals surface area contributed by atoms with Gasteiger partial charge in [0.05, 0.1) is 0 Å². The second kappa shape index (κ2) is 4.99. The average Bonchev–Trinajstić information content (AvgIpc) is 1.99. The highest BCUT2D eigenvalue weighted by atomic mass is 32.2. The van der Waals surface area contributed by atoms with E-state index in [0.29, 0.717) is 17.6 Å². The fourth-order valence-corrected chi connectivity index (χ4v) is 3.11. The van der Waals surface area contributed by atoms with Gasteiger partial charge in [0, 0.05) is 20.7 Å². The zero-order valence-corrected chi connectivity index (χ0v) is 10.3. The van der Waals surface area contributed by atoms with Crippen molar-refractivity contribution in [3.8, 4) is 0 Å². The fourth-order valence-electron chi connectivity index (χ4n) is 1.04. The van der Waals surface area contributed by atoms with Gasteiger partial charge in [-0.25, -0.2) is 4.21 Å². The topological polar surface area (TPSA) is 40.9 Å². The molecular weight excluding hydrogens is 182 g/mol. The van der Waals surface area contributed by atoms with E-state index in [-0.39, 0.29) is 5.25 Å². The first-order valence-corrected chi connectivity index (χ1v) is 6.81. The Morgan fingerprint density at radius 3 is 1.92 bits per heavy atom. The SMILES string of the molecule is CC(C)CCS(=N)(=O)C(C)C(C)C. The van der Waals surface area contributed by atoms with Gasteiger partial charge in [0.2, 0.25) is 0 Å². The zero-order chi connectivity index (χ0) is 10.6. The molecule has 0 aliphatic rings. The average molecular weight is 205 g/mol. The summed E-state index contributed by atoms with van der Waals surface area (Å²) < 4.78 is 19.7. The van der Waals surface area contributed by atoms with Gasteiger partial charge in [0.1, 0.15) is 0 Å². The summed E-state index contributed by atoms with van der Waals surface area (Å²) in [6, 6.07) is 0. The van der Waals surface area contributed by atoms with Crippen molar-refractivity contribution in [2.75, 3.05) is 5.75 Å². The van der Waals surface area contributed by atoms with Crippen molar-refractivity contribution >= 4 is 9.73 Å². The molecule has 0 saturated carbocycles. The van der Waals surface area contributed by atoms with Crippen LogP contribution in [0, 0.1) is 16.6 Å². The van der Waals surface area contributed by atoms with Crippen LogP contribution in [0.1, 0.15) is 41.0 Å². The Balaban J connectivity index is 4.24. The van der Waals surface area contributed by atoms with Crippen LogP contribution in [0.4, 0.5) is 0 Å². The first-order valence-electron chi connectivity index (χ1n) is 5.02. The number of hydrogen-bond acceptors (Lipinski definition) is 2. The summed E-state index contributed by atoms with van der Waals surface area (Å²) in [5, 5.41) is 0.0197. The lowest BCUT2D eigenvalue weighted by Crippen LogP contribution is -2.25. The van der Waals surface area contributed by atoms with Gasteiger partial charge in [-0.15, -0.1) is 0 Å². The first kappa shape index (κ1) is 12.9. The molecule has 0 spiro atoms. The molecule has 0 rings (SSSR count). The standard InChI is InChI=1S/C10H23NOS/c1-8(2)6-7-13(11,12)10(5)9(3)4/h8-11H,6-7H2,1-5H3. The van der Waals surface area contributed by atoms with Gasteiger partial charge < -0.3 is 0 Å². The summed E-state index contributed by atoms with van der Waals surface area (Å²) >= 11 is 0. The Bertz CT molecular complexity index is 229. The van der Waals surface area contributed by atoms with Crippen LogP contribution < -0.4 is 0 Å². The van der Waals surface area contributed by atoms with Gasteiger partial charge in [0.15, 0.2) is 0 Å². The van der Waals surface area contributed by atoms with Crippen molar-refractivity contribution in [1.29, 1.82) is 4.78 Å². The maximum Gasteiger partial charge on any atom is 0.0470 e. The minimum Gasteiger partial charge on any atom is -0.253 e. The van der Waals surface area contributed by atoms with Crippen LogP contribution in [-0.2, 0) is 9.73 Å². The largest absolute Gasteiger partial charge is 0.253 e. The molecule has 2 nitrogen and oxygen atoms in total. The smallest absolute Gasteiger partial charge is 0.0470 e. The second-order valence-corrected chi connectivity index (χ2v) is 7.17. The predicted octanol–water partition coefficient (Wildman–Crippen LogP) is 3.12. The lowest BCUT2D eigenvalue weighted by atomic mass is 10.1. The van der Waals surface area contributed by atoms with E-state index >= 15 is 0 Å². The number of nitrogens with one attached hydrogen (secondary N) is 1. The molecule has 0 aliphatic carbocycles. The molecule has 2 atom stereocenters. The highest BCUT2D eigenvalue weighted by molar-refractivity contribution is 7.93. The summed E-state index contributed by atoms with van der Waals surface area (Å²) in [6.07, 6.45) is 0.902. The van der Waals surface area contributed by atoms with E-state index in [1.807, 2.05) is 20.8 Å². The molecule has 0 bridgehead atoms. The van der Waals surface area contributed by atoms with Crippen molar-refractivity contribution in [3.63, 3.8) is 0 Å². The van der Waals surface area contributed by atoms with Crippen LogP contribution in [0.15, 0.2) is 0 Å². The van der Waals surface area contributed by atoms with E-state index in [0.717, 1.165) is 6.42 Å². The van der Waals surface area contributed by atoms with Gasteiger partial charge in [-0.05, 0) is 25.2 Å². The molecular formula is C10H23NOS. The lowest BCUT2D eigenvalue weighted by molar-refractivity contribution is 0.580. The first-order chi connectivity index (χ1) is 5.77. The third-order valence-corrected chi connectivity index (χ3v) is 5.13. The second-order valence-electron chi connectivity index (χ2n) is 4.56. The maximum absolute atomic E-state index is 11.9. The maximum atomic E-state index is 11.9. The summed E-state index contributed by atoms with van der Waals surface area (Å²) in [5.74, 6) is 1.45. The van der Waals surface area contributed by atoms with E-state index in [1.165, 1.54) is 0 Å². The van der Waals surface area contributed by atoms with Crippen molar-refractivity contribution in [3.05, 3.63) is 0 Å². The van der Waals surface area contributed by atoms with Crippen molar-refractivity contribution < 1.29 is 4.21 Å². The van der Waals surface area contributed by atoms with Gasteiger partial charge in [-0.3, -0.25) is 4.78 Å². The summed E-state index contributed by atoms with van der Waals surface area (Å²) in [4.78, 5) is 0.